The Morgan fingerprint density at radius 2 is 2.32 bits per heavy atom. The van der Waals surface area contributed by atoms with Gasteiger partial charge in [0.05, 0.1) is 6.42 Å². The summed E-state index contributed by atoms with van der Waals surface area (Å²) < 4.78 is 0. The van der Waals surface area contributed by atoms with Crippen molar-refractivity contribution >= 4 is 17.5 Å². The molecule has 2 rings (SSSR count). The van der Waals surface area contributed by atoms with Gasteiger partial charge in [-0.05, 0) is 37.1 Å². The molecule has 1 aliphatic heterocycles. The molecule has 104 valence electrons. The molecule has 1 amide bonds. The minimum absolute atomic E-state index is 0.148. The SMILES string of the molecule is CN(CC1CCCCN1)C(=O)Cc1cccc(Cl)c1. The molecule has 1 heterocycles. The Hall–Kier alpha value is -1.06. The van der Waals surface area contributed by atoms with Crippen molar-refractivity contribution in [2.75, 3.05) is 20.1 Å². The highest BCUT2D eigenvalue weighted by Gasteiger charge is 2.17. The smallest absolute Gasteiger partial charge is 0.226 e. The molecule has 1 saturated heterocycles. The highest BCUT2D eigenvalue weighted by Crippen LogP contribution is 2.13. The van der Waals surface area contributed by atoms with Gasteiger partial charge in [0.15, 0.2) is 0 Å². The number of hydrogen-bond donors (Lipinski definition) is 1. The first-order valence-electron chi connectivity index (χ1n) is 6.87. The van der Waals surface area contributed by atoms with Crippen LogP contribution in [0.2, 0.25) is 5.02 Å². The number of piperidine rings is 1. The van der Waals surface area contributed by atoms with E-state index in [0.717, 1.165) is 25.1 Å². The van der Waals surface area contributed by atoms with E-state index in [2.05, 4.69) is 5.32 Å². The van der Waals surface area contributed by atoms with Crippen LogP contribution in [0, 0.1) is 0 Å². The maximum atomic E-state index is 12.2. The van der Waals surface area contributed by atoms with E-state index in [1.54, 1.807) is 0 Å². The molecular weight excluding hydrogens is 260 g/mol. The van der Waals surface area contributed by atoms with Crippen LogP contribution in [0.5, 0.6) is 0 Å². The molecule has 3 nitrogen and oxygen atoms in total. The maximum absolute atomic E-state index is 12.2. The molecule has 19 heavy (non-hydrogen) atoms. The van der Waals surface area contributed by atoms with Crippen molar-refractivity contribution < 1.29 is 4.79 Å². The number of nitrogens with zero attached hydrogens (tertiary/aromatic N) is 1. The van der Waals surface area contributed by atoms with E-state index in [4.69, 9.17) is 11.6 Å². The van der Waals surface area contributed by atoms with Crippen molar-refractivity contribution in [1.29, 1.82) is 0 Å². The van der Waals surface area contributed by atoms with E-state index in [1.807, 2.05) is 36.2 Å². The Balaban J connectivity index is 1.84. The van der Waals surface area contributed by atoms with Gasteiger partial charge in [0.25, 0.3) is 0 Å². The summed E-state index contributed by atoms with van der Waals surface area (Å²) in [5.41, 5.74) is 0.973. The second kappa shape index (κ2) is 6.92. The van der Waals surface area contributed by atoms with Gasteiger partial charge in [0.1, 0.15) is 0 Å². The minimum Gasteiger partial charge on any atom is -0.344 e. The first-order chi connectivity index (χ1) is 9.15. The zero-order valence-corrected chi connectivity index (χ0v) is 12.1. The first kappa shape index (κ1) is 14.4. The molecule has 1 N–H and O–H groups in total. The number of carbonyl (C=O) groups is 1. The zero-order chi connectivity index (χ0) is 13.7. The fraction of sp³-hybridized carbons (Fsp3) is 0.533. The van der Waals surface area contributed by atoms with Crippen LogP contribution in [-0.4, -0.2) is 37.0 Å². The van der Waals surface area contributed by atoms with Crippen LogP contribution < -0.4 is 5.32 Å². The van der Waals surface area contributed by atoms with Crippen molar-refractivity contribution in [3.05, 3.63) is 34.9 Å². The van der Waals surface area contributed by atoms with E-state index < -0.39 is 0 Å². The third-order valence-corrected chi connectivity index (χ3v) is 3.81. The van der Waals surface area contributed by atoms with Crippen LogP contribution in [0.3, 0.4) is 0 Å². The lowest BCUT2D eigenvalue weighted by Gasteiger charge is -2.28. The van der Waals surface area contributed by atoms with Crippen molar-refractivity contribution in [2.24, 2.45) is 0 Å². The number of benzene rings is 1. The predicted molar refractivity (Wildman–Crippen MR) is 78.4 cm³/mol. The Morgan fingerprint density at radius 3 is 3.00 bits per heavy atom. The lowest BCUT2D eigenvalue weighted by molar-refractivity contribution is -0.129. The summed E-state index contributed by atoms with van der Waals surface area (Å²) >= 11 is 5.93. The van der Waals surface area contributed by atoms with Crippen molar-refractivity contribution in [1.82, 2.24) is 10.2 Å². The van der Waals surface area contributed by atoms with Crippen LogP contribution in [0.15, 0.2) is 24.3 Å². The van der Waals surface area contributed by atoms with Crippen molar-refractivity contribution in [2.45, 2.75) is 31.7 Å². The van der Waals surface area contributed by atoms with Crippen molar-refractivity contribution in [3.63, 3.8) is 0 Å². The first-order valence-corrected chi connectivity index (χ1v) is 7.25. The van der Waals surface area contributed by atoms with Gasteiger partial charge in [-0.25, -0.2) is 0 Å². The lowest BCUT2D eigenvalue weighted by Crippen LogP contribution is -2.44. The van der Waals surface area contributed by atoms with Gasteiger partial charge in [0, 0.05) is 24.7 Å². The highest BCUT2D eigenvalue weighted by atomic mass is 35.5. The minimum atomic E-state index is 0.148. The lowest BCUT2D eigenvalue weighted by atomic mass is 10.0. The average Bonchev–Trinajstić information content (AvgIpc) is 2.40. The highest BCUT2D eigenvalue weighted by molar-refractivity contribution is 6.30. The molecule has 1 unspecified atom stereocenters. The molecule has 1 atom stereocenters. The van der Waals surface area contributed by atoms with Gasteiger partial charge < -0.3 is 10.2 Å². The molecule has 0 radical (unpaired) electrons. The fourth-order valence-corrected chi connectivity index (χ4v) is 2.68. The average molecular weight is 281 g/mol. The fourth-order valence-electron chi connectivity index (χ4n) is 2.47. The molecule has 1 fully saturated rings. The Labute approximate surface area is 119 Å². The van der Waals surface area contributed by atoms with Crippen LogP contribution in [0.25, 0.3) is 0 Å². The number of likely N-dealkylation sites (N-methyl/N-ethyl adjacent to an activating group) is 1. The molecule has 0 saturated carbocycles. The van der Waals surface area contributed by atoms with Crippen LogP contribution in [0.1, 0.15) is 24.8 Å². The molecule has 0 aromatic heterocycles. The molecule has 1 aliphatic rings. The molecule has 0 aliphatic carbocycles. The van der Waals surface area contributed by atoms with Gasteiger partial charge in [0.2, 0.25) is 5.91 Å². The van der Waals surface area contributed by atoms with Crippen LogP contribution >= 0.6 is 11.6 Å². The van der Waals surface area contributed by atoms with Crippen molar-refractivity contribution in [3.8, 4) is 0 Å². The number of hydrogen-bond acceptors (Lipinski definition) is 2. The topological polar surface area (TPSA) is 32.3 Å². The molecular formula is C15H21ClN2O. The Kier molecular flexibility index (Phi) is 5.23. The van der Waals surface area contributed by atoms with Gasteiger partial charge in [-0.15, -0.1) is 0 Å². The third kappa shape index (κ3) is 4.51. The Bertz CT molecular complexity index is 430. The molecule has 4 heteroatoms. The van der Waals surface area contributed by atoms with E-state index in [0.29, 0.717) is 17.5 Å². The van der Waals surface area contributed by atoms with Gasteiger partial charge in [-0.2, -0.15) is 0 Å². The largest absolute Gasteiger partial charge is 0.344 e. The third-order valence-electron chi connectivity index (χ3n) is 3.58. The summed E-state index contributed by atoms with van der Waals surface area (Å²) in [7, 11) is 1.88. The zero-order valence-electron chi connectivity index (χ0n) is 11.4. The van der Waals surface area contributed by atoms with Crippen LogP contribution in [0.4, 0.5) is 0 Å². The van der Waals surface area contributed by atoms with E-state index in [1.165, 1.54) is 12.8 Å². The van der Waals surface area contributed by atoms with Gasteiger partial charge >= 0.3 is 0 Å². The van der Waals surface area contributed by atoms with Crippen LogP contribution in [-0.2, 0) is 11.2 Å². The normalized spacial score (nSPS) is 19.2. The number of rotatable bonds is 4. The predicted octanol–water partition coefficient (Wildman–Crippen LogP) is 2.48. The van der Waals surface area contributed by atoms with E-state index in [9.17, 15) is 4.79 Å². The van der Waals surface area contributed by atoms with Gasteiger partial charge in [-0.3, -0.25) is 4.79 Å². The molecule has 0 spiro atoms. The molecule has 1 aromatic rings. The number of carbonyl (C=O) groups excluding carboxylic acids is 1. The summed E-state index contributed by atoms with van der Waals surface area (Å²) in [4.78, 5) is 14.0. The molecule has 1 aromatic carbocycles. The van der Waals surface area contributed by atoms with E-state index >= 15 is 0 Å². The second-order valence-electron chi connectivity index (χ2n) is 5.23. The number of halogens is 1. The standard InChI is InChI=1S/C15H21ClN2O/c1-18(11-14-7-2-3-8-17-14)15(19)10-12-5-4-6-13(16)9-12/h4-6,9,14,17H,2-3,7-8,10-11H2,1H3. The summed E-state index contributed by atoms with van der Waals surface area (Å²) in [5, 5.41) is 4.15. The quantitative estimate of drug-likeness (QED) is 0.919. The maximum Gasteiger partial charge on any atom is 0.226 e. The summed E-state index contributed by atoms with van der Waals surface area (Å²) in [6.45, 7) is 1.86. The number of amides is 1. The van der Waals surface area contributed by atoms with E-state index in [-0.39, 0.29) is 5.91 Å². The second-order valence-corrected chi connectivity index (χ2v) is 5.66. The van der Waals surface area contributed by atoms with Gasteiger partial charge in [-0.1, -0.05) is 30.2 Å². The summed E-state index contributed by atoms with van der Waals surface area (Å²) in [5.74, 6) is 0.148. The summed E-state index contributed by atoms with van der Waals surface area (Å²) in [6.07, 6.45) is 4.09. The summed E-state index contributed by atoms with van der Waals surface area (Å²) in [6, 6.07) is 7.95. The molecule has 0 bridgehead atoms. The number of nitrogens with one attached hydrogen (secondary N) is 1. The Morgan fingerprint density at radius 1 is 1.47 bits per heavy atom. The monoisotopic (exact) mass is 280 g/mol.